The topological polar surface area (TPSA) is 0 Å². The van der Waals surface area contributed by atoms with E-state index in [0.717, 1.165) is 0 Å². The van der Waals surface area contributed by atoms with E-state index in [4.69, 9.17) is 0 Å². The molecule has 0 aliphatic heterocycles. The molecule has 0 saturated carbocycles. The van der Waals surface area contributed by atoms with Crippen LogP contribution >= 0.6 is 0 Å². The van der Waals surface area contributed by atoms with Crippen LogP contribution in [0.3, 0.4) is 0 Å². The van der Waals surface area contributed by atoms with Crippen molar-refractivity contribution >= 4 is 0 Å². The minimum atomic E-state index is -0.0324. The largest absolute Gasteiger partial charge is 0.211 e. The van der Waals surface area contributed by atoms with E-state index in [1.165, 1.54) is 6.08 Å². The number of hydrogen-bond acceptors (Lipinski definition) is 0. The Morgan fingerprint density at radius 2 is 2.50 bits per heavy atom. The summed E-state index contributed by atoms with van der Waals surface area (Å²) in [6, 6.07) is 0. The van der Waals surface area contributed by atoms with E-state index in [9.17, 15) is 4.39 Å². The number of hydrogen-bond donors (Lipinski definition) is 0. The van der Waals surface area contributed by atoms with E-state index in [1.54, 1.807) is 12.2 Å². The number of halogens is 1. The standard InChI is InChI=1S/C5H5F/c6-5-3-1-2-4-5/h1-3H,4H2. The van der Waals surface area contributed by atoms with Crippen molar-refractivity contribution < 1.29 is 4.39 Å². The van der Waals surface area contributed by atoms with Gasteiger partial charge in [-0.25, -0.2) is 4.39 Å². The van der Waals surface area contributed by atoms with Crippen LogP contribution in [0.15, 0.2) is 24.1 Å². The molecule has 0 saturated heterocycles. The van der Waals surface area contributed by atoms with Gasteiger partial charge in [0.2, 0.25) is 0 Å². The predicted octanol–water partition coefficient (Wildman–Crippen LogP) is 1.80. The molecule has 1 aliphatic carbocycles. The van der Waals surface area contributed by atoms with Gasteiger partial charge in [-0.1, -0.05) is 12.2 Å². The lowest BCUT2D eigenvalue weighted by Gasteiger charge is -1.73. The van der Waals surface area contributed by atoms with Crippen molar-refractivity contribution in [1.82, 2.24) is 0 Å². The van der Waals surface area contributed by atoms with Gasteiger partial charge in [0.1, 0.15) is 5.83 Å². The van der Waals surface area contributed by atoms with Crippen LogP contribution < -0.4 is 0 Å². The van der Waals surface area contributed by atoms with Gasteiger partial charge < -0.3 is 0 Å². The molecule has 0 amide bonds. The first-order valence-corrected chi connectivity index (χ1v) is 1.91. The quantitative estimate of drug-likeness (QED) is 0.419. The Hall–Kier alpha value is -0.590. The highest BCUT2D eigenvalue weighted by atomic mass is 19.1. The highest BCUT2D eigenvalue weighted by Crippen LogP contribution is 2.09. The first-order valence-electron chi connectivity index (χ1n) is 1.91. The summed E-state index contributed by atoms with van der Waals surface area (Å²) in [6.07, 6.45) is 5.48. The molecule has 1 rings (SSSR count). The van der Waals surface area contributed by atoms with E-state index in [2.05, 4.69) is 0 Å². The molecule has 0 radical (unpaired) electrons. The van der Waals surface area contributed by atoms with Crippen LogP contribution in [0.1, 0.15) is 6.42 Å². The van der Waals surface area contributed by atoms with Crippen LogP contribution in [0, 0.1) is 0 Å². The van der Waals surface area contributed by atoms with Crippen LogP contribution in [-0.2, 0) is 0 Å². The molecule has 32 valence electrons. The van der Waals surface area contributed by atoms with Crippen molar-refractivity contribution in [2.24, 2.45) is 0 Å². The van der Waals surface area contributed by atoms with Crippen molar-refractivity contribution in [2.45, 2.75) is 6.42 Å². The second kappa shape index (κ2) is 1.25. The summed E-state index contributed by atoms with van der Waals surface area (Å²) in [5, 5.41) is 0. The average molecular weight is 84.1 g/mol. The molecule has 0 atom stereocenters. The molecular formula is C5H5F. The Bertz CT molecular complexity index is 101. The van der Waals surface area contributed by atoms with Gasteiger partial charge in [-0.3, -0.25) is 0 Å². The summed E-state index contributed by atoms with van der Waals surface area (Å²) in [5.74, 6) is -0.0324. The highest BCUT2D eigenvalue weighted by molar-refractivity contribution is 5.17. The van der Waals surface area contributed by atoms with Gasteiger partial charge in [0, 0.05) is 6.42 Å². The highest BCUT2D eigenvalue weighted by Gasteiger charge is 1.91. The summed E-state index contributed by atoms with van der Waals surface area (Å²) in [5.41, 5.74) is 0. The van der Waals surface area contributed by atoms with Gasteiger partial charge >= 0.3 is 0 Å². The van der Waals surface area contributed by atoms with Gasteiger partial charge in [-0.2, -0.15) is 0 Å². The zero-order valence-corrected chi connectivity index (χ0v) is 3.32. The van der Waals surface area contributed by atoms with E-state index in [1.807, 2.05) is 0 Å². The Morgan fingerprint density at radius 3 is 2.67 bits per heavy atom. The molecule has 0 spiro atoms. The minimum absolute atomic E-state index is 0.0324. The summed E-state index contributed by atoms with van der Waals surface area (Å²) < 4.78 is 11.7. The Morgan fingerprint density at radius 1 is 1.67 bits per heavy atom. The lowest BCUT2D eigenvalue weighted by molar-refractivity contribution is 0.624. The summed E-state index contributed by atoms with van der Waals surface area (Å²) in [4.78, 5) is 0. The lowest BCUT2D eigenvalue weighted by Crippen LogP contribution is -1.55. The SMILES string of the molecule is FC1=CC=CC1. The normalized spacial score (nSPS) is 18.5. The fraction of sp³-hybridized carbons (Fsp3) is 0.200. The Balaban J connectivity index is 2.61. The molecule has 0 fully saturated rings. The van der Waals surface area contributed by atoms with Crippen molar-refractivity contribution in [3.8, 4) is 0 Å². The molecule has 0 unspecified atom stereocenters. The van der Waals surface area contributed by atoms with E-state index in [0.29, 0.717) is 6.42 Å². The molecule has 0 N–H and O–H groups in total. The molecule has 0 bridgehead atoms. The second-order valence-electron chi connectivity index (χ2n) is 1.25. The lowest BCUT2D eigenvalue weighted by atomic mass is 10.5. The van der Waals surface area contributed by atoms with E-state index in [-0.39, 0.29) is 5.83 Å². The fourth-order valence-electron chi connectivity index (χ4n) is 0.421. The molecular weight excluding hydrogens is 79.1 g/mol. The molecule has 1 aliphatic rings. The number of allylic oxidation sites excluding steroid dienone is 4. The Labute approximate surface area is 36.0 Å². The van der Waals surface area contributed by atoms with Gasteiger partial charge in [0.25, 0.3) is 0 Å². The molecule has 0 nitrogen and oxygen atoms in total. The molecule has 0 heterocycles. The molecule has 1 heteroatoms. The maximum Gasteiger partial charge on any atom is 0.104 e. The van der Waals surface area contributed by atoms with Gasteiger partial charge in [0.05, 0.1) is 0 Å². The van der Waals surface area contributed by atoms with Crippen molar-refractivity contribution in [3.63, 3.8) is 0 Å². The van der Waals surface area contributed by atoms with Gasteiger partial charge in [0.15, 0.2) is 0 Å². The van der Waals surface area contributed by atoms with Crippen LogP contribution in [0.25, 0.3) is 0 Å². The third-order valence-electron chi connectivity index (χ3n) is 0.726. The van der Waals surface area contributed by atoms with Crippen molar-refractivity contribution in [2.75, 3.05) is 0 Å². The zero-order valence-electron chi connectivity index (χ0n) is 3.32. The van der Waals surface area contributed by atoms with Gasteiger partial charge in [-0.15, -0.1) is 0 Å². The van der Waals surface area contributed by atoms with Crippen LogP contribution in [0.2, 0.25) is 0 Å². The van der Waals surface area contributed by atoms with E-state index >= 15 is 0 Å². The summed E-state index contributed by atoms with van der Waals surface area (Å²) >= 11 is 0. The van der Waals surface area contributed by atoms with Crippen molar-refractivity contribution in [1.29, 1.82) is 0 Å². The second-order valence-corrected chi connectivity index (χ2v) is 1.25. The number of rotatable bonds is 0. The van der Waals surface area contributed by atoms with Crippen LogP contribution in [0.5, 0.6) is 0 Å². The summed E-state index contributed by atoms with van der Waals surface area (Å²) in [6.45, 7) is 0. The molecule has 0 aromatic heterocycles. The molecule has 0 aromatic carbocycles. The zero-order chi connectivity index (χ0) is 4.41. The first kappa shape index (κ1) is 3.59. The van der Waals surface area contributed by atoms with Crippen molar-refractivity contribution in [3.05, 3.63) is 24.1 Å². The Kier molecular flexibility index (Phi) is 0.748. The van der Waals surface area contributed by atoms with Gasteiger partial charge in [-0.05, 0) is 6.08 Å². The minimum Gasteiger partial charge on any atom is -0.211 e. The third kappa shape index (κ3) is 0.482. The smallest absolute Gasteiger partial charge is 0.104 e. The average Bonchev–Trinajstić information content (AvgIpc) is 1.86. The predicted molar refractivity (Wildman–Crippen MR) is 22.9 cm³/mol. The van der Waals surface area contributed by atoms with E-state index < -0.39 is 0 Å². The molecule has 6 heavy (non-hydrogen) atoms. The monoisotopic (exact) mass is 84.0 g/mol. The maximum absolute atomic E-state index is 11.7. The van der Waals surface area contributed by atoms with Crippen LogP contribution in [-0.4, -0.2) is 0 Å². The summed E-state index contributed by atoms with van der Waals surface area (Å²) in [7, 11) is 0. The fourth-order valence-corrected chi connectivity index (χ4v) is 0.421. The first-order chi connectivity index (χ1) is 2.89. The molecule has 0 aromatic rings. The van der Waals surface area contributed by atoms with Crippen LogP contribution in [0.4, 0.5) is 4.39 Å². The third-order valence-corrected chi connectivity index (χ3v) is 0.726. The maximum atomic E-state index is 11.7.